The zero-order chi connectivity index (χ0) is 23.1. The summed E-state index contributed by atoms with van der Waals surface area (Å²) in [6.07, 6.45) is 4.13. The third kappa shape index (κ3) is 3.84. The molecular weight excluding hydrogens is 430 g/mol. The zero-order valence-electron chi connectivity index (χ0n) is 18.4. The second-order valence-corrected chi connectivity index (χ2v) is 10.0. The largest absolute Gasteiger partial charge is 0.465 e. The molecule has 2 aromatic rings. The fourth-order valence-corrected chi connectivity index (χ4v) is 5.96. The highest BCUT2D eigenvalue weighted by atomic mass is 32.1. The second-order valence-electron chi connectivity index (χ2n) is 9.25. The average molecular weight is 460 g/mol. The minimum Gasteiger partial charge on any atom is -0.465 e. The minimum atomic E-state index is -1.22. The third-order valence-corrected chi connectivity index (χ3v) is 7.82. The van der Waals surface area contributed by atoms with E-state index in [4.69, 9.17) is 0 Å². The number of hydrogen-bond donors (Lipinski definition) is 2. The molecule has 1 aliphatic heterocycles. The fraction of sp³-hybridized carbons (Fsp3) is 0.522. The summed E-state index contributed by atoms with van der Waals surface area (Å²) in [5.41, 5.74) is -0.300. The van der Waals surface area contributed by atoms with Crippen molar-refractivity contribution in [2.45, 2.75) is 44.2 Å². The SMILES string of the molecule is CN(C)C(=O)c1cn(CC2(O)CCN(C(=O)O)CC23CCCC3)c(=O)cc1-c1ccsc1. The van der Waals surface area contributed by atoms with Crippen LogP contribution in [0.5, 0.6) is 0 Å². The number of thiophene rings is 1. The predicted octanol–water partition coefficient (Wildman–Crippen LogP) is 2.95. The van der Waals surface area contributed by atoms with Gasteiger partial charge < -0.3 is 24.6 Å². The quantitative estimate of drug-likeness (QED) is 0.732. The number of pyridine rings is 1. The summed E-state index contributed by atoms with van der Waals surface area (Å²) in [6.45, 7) is 0.528. The lowest BCUT2D eigenvalue weighted by molar-refractivity contribution is -0.137. The average Bonchev–Trinajstić information content (AvgIpc) is 3.44. The molecule has 2 aromatic heterocycles. The Hall–Kier alpha value is -2.65. The summed E-state index contributed by atoms with van der Waals surface area (Å²) in [7, 11) is 3.33. The van der Waals surface area contributed by atoms with Crippen molar-refractivity contribution in [3.8, 4) is 11.1 Å². The van der Waals surface area contributed by atoms with Gasteiger partial charge in [0.05, 0.1) is 17.7 Å². The van der Waals surface area contributed by atoms with Crippen LogP contribution in [0.25, 0.3) is 11.1 Å². The van der Waals surface area contributed by atoms with Crippen molar-refractivity contribution in [2.75, 3.05) is 27.2 Å². The number of likely N-dealkylation sites (tertiary alicyclic amines) is 1. The third-order valence-electron chi connectivity index (χ3n) is 7.13. The van der Waals surface area contributed by atoms with Crippen LogP contribution >= 0.6 is 11.3 Å². The lowest BCUT2D eigenvalue weighted by Gasteiger charge is -2.51. The van der Waals surface area contributed by atoms with E-state index in [0.717, 1.165) is 31.2 Å². The number of nitrogens with zero attached hydrogens (tertiary/aromatic N) is 3. The van der Waals surface area contributed by atoms with Crippen LogP contribution in [0.4, 0.5) is 4.79 Å². The molecule has 1 saturated heterocycles. The molecule has 172 valence electrons. The summed E-state index contributed by atoms with van der Waals surface area (Å²) < 4.78 is 1.43. The summed E-state index contributed by atoms with van der Waals surface area (Å²) >= 11 is 1.49. The Labute approximate surface area is 190 Å². The summed E-state index contributed by atoms with van der Waals surface area (Å²) in [4.78, 5) is 40.5. The molecule has 2 fully saturated rings. The van der Waals surface area contributed by atoms with Crippen LogP contribution in [0.2, 0.25) is 0 Å². The Balaban J connectivity index is 1.75. The summed E-state index contributed by atoms with van der Waals surface area (Å²) in [5, 5.41) is 25.1. The molecule has 2 aliphatic rings. The van der Waals surface area contributed by atoms with Gasteiger partial charge in [0, 0.05) is 50.4 Å². The van der Waals surface area contributed by atoms with Crippen LogP contribution in [0, 0.1) is 5.41 Å². The van der Waals surface area contributed by atoms with E-state index in [0.29, 0.717) is 11.1 Å². The number of carbonyl (C=O) groups excluding carboxylic acids is 1. The van der Waals surface area contributed by atoms with Gasteiger partial charge in [0.2, 0.25) is 0 Å². The van der Waals surface area contributed by atoms with Gasteiger partial charge in [0.1, 0.15) is 0 Å². The molecule has 2 amide bonds. The van der Waals surface area contributed by atoms with Crippen molar-refractivity contribution in [2.24, 2.45) is 5.41 Å². The monoisotopic (exact) mass is 459 g/mol. The lowest BCUT2D eigenvalue weighted by atomic mass is 9.66. The molecule has 8 nitrogen and oxygen atoms in total. The van der Waals surface area contributed by atoms with Gasteiger partial charge in [-0.2, -0.15) is 11.3 Å². The van der Waals surface area contributed by atoms with E-state index < -0.39 is 17.1 Å². The van der Waals surface area contributed by atoms with Crippen LogP contribution in [0.1, 0.15) is 42.5 Å². The van der Waals surface area contributed by atoms with E-state index in [9.17, 15) is 24.6 Å². The van der Waals surface area contributed by atoms with Crippen molar-refractivity contribution >= 4 is 23.3 Å². The lowest BCUT2D eigenvalue weighted by Crippen LogP contribution is -2.62. The molecule has 0 aromatic carbocycles. The van der Waals surface area contributed by atoms with Crippen molar-refractivity contribution in [1.82, 2.24) is 14.4 Å². The predicted molar refractivity (Wildman–Crippen MR) is 122 cm³/mol. The highest BCUT2D eigenvalue weighted by molar-refractivity contribution is 7.08. The Bertz CT molecular complexity index is 1070. The van der Waals surface area contributed by atoms with Crippen molar-refractivity contribution in [3.05, 3.63) is 45.0 Å². The first-order chi connectivity index (χ1) is 15.2. The highest BCUT2D eigenvalue weighted by Crippen LogP contribution is 2.51. The number of carboxylic acid groups (broad SMARTS) is 1. The Morgan fingerprint density at radius 3 is 2.53 bits per heavy atom. The molecule has 1 unspecified atom stereocenters. The van der Waals surface area contributed by atoms with Gasteiger partial charge in [-0.3, -0.25) is 9.59 Å². The first-order valence-electron chi connectivity index (χ1n) is 10.8. The fourth-order valence-electron chi connectivity index (χ4n) is 5.31. The number of aliphatic hydroxyl groups is 1. The Morgan fingerprint density at radius 2 is 1.94 bits per heavy atom. The molecule has 1 spiro atoms. The maximum atomic E-state index is 13.1. The molecule has 4 rings (SSSR count). The van der Waals surface area contributed by atoms with Gasteiger partial charge in [0.25, 0.3) is 11.5 Å². The smallest absolute Gasteiger partial charge is 0.407 e. The van der Waals surface area contributed by atoms with Gasteiger partial charge in [-0.1, -0.05) is 12.8 Å². The highest BCUT2D eigenvalue weighted by Gasteiger charge is 2.55. The van der Waals surface area contributed by atoms with E-state index in [1.807, 2.05) is 16.8 Å². The summed E-state index contributed by atoms with van der Waals surface area (Å²) in [6, 6.07) is 3.34. The molecule has 1 saturated carbocycles. The summed E-state index contributed by atoms with van der Waals surface area (Å²) in [5.74, 6) is -0.219. The van der Waals surface area contributed by atoms with E-state index >= 15 is 0 Å². The molecular formula is C23H29N3O5S. The zero-order valence-corrected chi connectivity index (χ0v) is 19.2. The maximum absolute atomic E-state index is 13.1. The van der Waals surface area contributed by atoms with Crippen molar-refractivity contribution < 1.29 is 19.8 Å². The van der Waals surface area contributed by atoms with Gasteiger partial charge in [-0.15, -0.1) is 0 Å². The van der Waals surface area contributed by atoms with E-state index in [1.165, 1.54) is 31.8 Å². The van der Waals surface area contributed by atoms with Crippen molar-refractivity contribution in [1.29, 1.82) is 0 Å². The molecule has 9 heteroatoms. The van der Waals surface area contributed by atoms with E-state index in [1.54, 1.807) is 20.3 Å². The van der Waals surface area contributed by atoms with Crippen LogP contribution in [0.15, 0.2) is 33.9 Å². The maximum Gasteiger partial charge on any atom is 0.407 e. The first-order valence-corrected chi connectivity index (χ1v) is 11.8. The normalized spacial score (nSPS) is 22.3. The van der Waals surface area contributed by atoms with E-state index in [2.05, 4.69) is 0 Å². The number of carbonyl (C=O) groups is 2. The Morgan fingerprint density at radius 1 is 1.22 bits per heavy atom. The topological polar surface area (TPSA) is 103 Å². The molecule has 0 bridgehead atoms. The molecule has 1 aliphatic carbocycles. The van der Waals surface area contributed by atoms with Gasteiger partial charge >= 0.3 is 6.09 Å². The van der Waals surface area contributed by atoms with Crippen LogP contribution in [0.3, 0.4) is 0 Å². The molecule has 3 heterocycles. The van der Waals surface area contributed by atoms with Crippen LogP contribution in [-0.4, -0.2) is 69.4 Å². The minimum absolute atomic E-state index is 0.0386. The first kappa shape index (κ1) is 22.5. The van der Waals surface area contributed by atoms with Gasteiger partial charge in [0.15, 0.2) is 0 Å². The molecule has 32 heavy (non-hydrogen) atoms. The number of rotatable bonds is 4. The van der Waals surface area contributed by atoms with E-state index in [-0.39, 0.29) is 37.5 Å². The standard InChI is InChI=1S/C23H29N3O5S/c1-24(2)20(28)18-12-26(19(27)11-17(18)16-5-10-32-13-16)15-23(31)8-9-25(21(29)30)14-22(23)6-3-4-7-22/h5,10-13,31H,3-4,6-9,14-15H2,1-2H3,(H,29,30). The number of amides is 2. The number of hydrogen-bond acceptors (Lipinski definition) is 5. The van der Waals surface area contributed by atoms with Crippen LogP contribution in [-0.2, 0) is 6.54 Å². The molecule has 2 N–H and O–H groups in total. The Kier molecular flexibility index (Phi) is 5.89. The number of piperidine rings is 1. The number of aromatic nitrogens is 1. The van der Waals surface area contributed by atoms with Gasteiger partial charge in [-0.25, -0.2) is 4.79 Å². The van der Waals surface area contributed by atoms with Crippen LogP contribution < -0.4 is 5.56 Å². The van der Waals surface area contributed by atoms with Gasteiger partial charge in [-0.05, 0) is 41.7 Å². The second kappa shape index (κ2) is 8.37. The van der Waals surface area contributed by atoms with Crippen molar-refractivity contribution in [3.63, 3.8) is 0 Å². The molecule has 0 radical (unpaired) electrons. The molecule has 1 atom stereocenters.